The summed E-state index contributed by atoms with van der Waals surface area (Å²) in [6.45, 7) is 0.721. The molecule has 0 bridgehead atoms. The van der Waals surface area contributed by atoms with Crippen molar-refractivity contribution in [1.29, 1.82) is 0 Å². The first-order valence-corrected chi connectivity index (χ1v) is 7.10. The number of aliphatic hydroxyl groups is 1. The smallest absolute Gasteiger partial charge is 0.255 e. The van der Waals surface area contributed by atoms with E-state index in [9.17, 15) is 9.90 Å². The Balaban J connectivity index is 1.59. The summed E-state index contributed by atoms with van der Waals surface area (Å²) in [5.74, 6) is -0.0804. The van der Waals surface area contributed by atoms with Crippen LogP contribution in [0.15, 0.2) is 42.9 Å². The molecule has 4 heterocycles. The predicted octanol–water partition coefficient (Wildman–Crippen LogP) is 0.791. The molecule has 0 saturated carbocycles. The molecule has 4 rings (SSSR count). The molecule has 0 aliphatic carbocycles. The van der Waals surface area contributed by atoms with E-state index in [1.165, 1.54) is 6.20 Å². The number of pyridine rings is 1. The van der Waals surface area contributed by atoms with E-state index in [1.54, 1.807) is 4.90 Å². The molecule has 2 N–H and O–H groups in total. The summed E-state index contributed by atoms with van der Waals surface area (Å²) in [6, 6.07) is 7.66. The standard InChI is InChI=1S/C15H15N5O2/c21-14(11-7-12-3-1-2-5-19(12)9-11)20-6-4-15(22,10-20)13-8-16-18-17-13/h1-3,5,7-9,22H,4,6,10H2,(H,16,17,18). The number of β-amino-alcohol motifs (C(OH)–C–C–N with tert-alkyl or cyclic N) is 1. The zero-order valence-electron chi connectivity index (χ0n) is 11.8. The molecule has 0 aromatic carbocycles. The van der Waals surface area contributed by atoms with Gasteiger partial charge in [0, 0.05) is 30.9 Å². The number of nitrogens with zero attached hydrogens (tertiary/aromatic N) is 4. The zero-order valence-corrected chi connectivity index (χ0v) is 11.8. The molecular formula is C15H15N5O2. The SMILES string of the molecule is O=C(c1cc2ccccn2c1)N1CCC(O)(c2cn[nH]n2)C1. The minimum absolute atomic E-state index is 0.0804. The highest BCUT2D eigenvalue weighted by Crippen LogP contribution is 2.31. The summed E-state index contributed by atoms with van der Waals surface area (Å²) < 4.78 is 1.91. The van der Waals surface area contributed by atoms with Gasteiger partial charge in [-0.25, -0.2) is 0 Å². The van der Waals surface area contributed by atoms with Gasteiger partial charge in [-0.1, -0.05) is 6.07 Å². The third kappa shape index (κ3) is 1.98. The van der Waals surface area contributed by atoms with Crippen LogP contribution in [0, 0.1) is 0 Å². The average Bonchev–Trinajstić information content (AvgIpc) is 3.25. The van der Waals surface area contributed by atoms with Crippen molar-refractivity contribution < 1.29 is 9.90 Å². The number of H-pyrrole nitrogens is 1. The highest BCUT2D eigenvalue weighted by Gasteiger charge is 2.41. The highest BCUT2D eigenvalue weighted by molar-refractivity contribution is 5.95. The Labute approximate surface area is 126 Å². The molecule has 112 valence electrons. The second-order valence-electron chi connectivity index (χ2n) is 5.63. The van der Waals surface area contributed by atoms with Crippen LogP contribution in [0.5, 0.6) is 0 Å². The van der Waals surface area contributed by atoms with Crippen molar-refractivity contribution in [2.45, 2.75) is 12.0 Å². The molecular weight excluding hydrogens is 282 g/mol. The maximum atomic E-state index is 12.6. The fourth-order valence-corrected chi connectivity index (χ4v) is 2.96. The Morgan fingerprint density at radius 2 is 2.32 bits per heavy atom. The summed E-state index contributed by atoms with van der Waals surface area (Å²) in [4.78, 5) is 14.3. The molecule has 1 atom stereocenters. The van der Waals surface area contributed by atoms with Crippen molar-refractivity contribution in [3.63, 3.8) is 0 Å². The maximum absolute atomic E-state index is 12.6. The number of aromatic amines is 1. The van der Waals surface area contributed by atoms with Gasteiger partial charge in [-0.3, -0.25) is 4.79 Å². The van der Waals surface area contributed by atoms with Crippen LogP contribution in [0.25, 0.3) is 5.52 Å². The van der Waals surface area contributed by atoms with E-state index >= 15 is 0 Å². The van der Waals surface area contributed by atoms with Gasteiger partial charge in [0.15, 0.2) is 0 Å². The summed E-state index contributed by atoms with van der Waals surface area (Å²) in [5, 5.41) is 20.8. The molecule has 7 nitrogen and oxygen atoms in total. The lowest BCUT2D eigenvalue weighted by Crippen LogP contribution is -2.34. The van der Waals surface area contributed by atoms with Crippen LogP contribution in [-0.2, 0) is 5.60 Å². The van der Waals surface area contributed by atoms with E-state index < -0.39 is 5.60 Å². The van der Waals surface area contributed by atoms with Gasteiger partial charge in [-0.15, -0.1) is 0 Å². The van der Waals surface area contributed by atoms with Crippen LogP contribution in [0.3, 0.4) is 0 Å². The number of likely N-dealkylation sites (tertiary alicyclic amines) is 1. The summed E-state index contributed by atoms with van der Waals surface area (Å²) in [7, 11) is 0. The molecule has 1 amide bonds. The summed E-state index contributed by atoms with van der Waals surface area (Å²) >= 11 is 0. The van der Waals surface area contributed by atoms with E-state index in [0.29, 0.717) is 24.2 Å². The fraction of sp³-hybridized carbons (Fsp3) is 0.267. The maximum Gasteiger partial charge on any atom is 0.255 e. The van der Waals surface area contributed by atoms with Crippen molar-refractivity contribution in [1.82, 2.24) is 24.7 Å². The number of amides is 1. The lowest BCUT2D eigenvalue weighted by molar-refractivity contribution is 0.0382. The van der Waals surface area contributed by atoms with Crippen molar-refractivity contribution in [2.75, 3.05) is 13.1 Å². The summed E-state index contributed by atoms with van der Waals surface area (Å²) in [6.07, 6.45) is 5.67. The molecule has 1 aliphatic rings. The zero-order chi connectivity index (χ0) is 15.2. The topological polar surface area (TPSA) is 86.5 Å². The number of carbonyl (C=O) groups excluding carboxylic acids is 1. The number of nitrogens with one attached hydrogen (secondary N) is 1. The van der Waals surface area contributed by atoms with Crippen molar-refractivity contribution in [2.24, 2.45) is 0 Å². The predicted molar refractivity (Wildman–Crippen MR) is 78.2 cm³/mol. The van der Waals surface area contributed by atoms with Gasteiger partial charge in [0.05, 0.1) is 18.3 Å². The van der Waals surface area contributed by atoms with Crippen molar-refractivity contribution in [3.05, 3.63) is 54.1 Å². The quantitative estimate of drug-likeness (QED) is 0.732. The van der Waals surface area contributed by atoms with Crippen LogP contribution < -0.4 is 0 Å². The fourth-order valence-electron chi connectivity index (χ4n) is 2.96. The Morgan fingerprint density at radius 1 is 1.41 bits per heavy atom. The number of aromatic nitrogens is 4. The van der Waals surface area contributed by atoms with Crippen LogP contribution in [-0.4, -0.2) is 48.8 Å². The molecule has 7 heteroatoms. The lowest BCUT2D eigenvalue weighted by atomic mass is 10.00. The van der Waals surface area contributed by atoms with E-state index in [1.807, 2.05) is 41.1 Å². The molecule has 1 aliphatic heterocycles. The first kappa shape index (κ1) is 13.0. The van der Waals surface area contributed by atoms with Gasteiger partial charge in [0.25, 0.3) is 5.91 Å². The molecule has 22 heavy (non-hydrogen) atoms. The van der Waals surface area contributed by atoms with E-state index in [-0.39, 0.29) is 12.5 Å². The molecule has 0 spiro atoms. The number of hydrogen-bond acceptors (Lipinski definition) is 4. The van der Waals surface area contributed by atoms with E-state index in [2.05, 4.69) is 15.4 Å². The monoisotopic (exact) mass is 297 g/mol. The molecule has 1 fully saturated rings. The Morgan fingerprint density at radius 3 is 3.09 bits per heavy atom. The Hall–Kier alpha value is -2.67. The van der Waals surface area contributed by atoms with Gasteiger partial charge in [0.2, 0.25) is 0 Å². The second-order valence-corrected chi connectivity index (χ2v) is 5.63. The molecule has 0 radical (unpaired) electrons. The number of hydrogen-bond donors (Lipinski definition) is 2. The molecule has 1 saturated heterocycles. The number of rotatable bonds is 2. The molecule has 3 aromatic heterocycles. The summed E-state index contributed by atoms with van der Waals surface area (Å²) in [5.41, 5.74) is 0.944. The lowest BCUT2D eigenvalue weighted by Gasteiger charge is -2.20. The van der Waals surface area contributed by atoms with Crippen molar-refractivity contribution in [3.8, 4) is 0 Å². The van der Waals surface area contributed by atoms with Crippen LogP contribution in [0.2, 0.25) is 0 Å². The number of carbonyl (C=O) groups is 1. The van der Waals surface area contributed by atoms with Crippen LogP contribution >= 0.6 is 0 Å². The van der Waals surface area contributed by atoms with Crippen LogP contribution in [0.4, 0.5) is 0 Å². The largest absolute Gasteiger partial charge is 0.381 e. The van der Waals surface area contributed by atoms with Gasteiger partial charge in [-0.05, 0) is 18.2 Å². The molecule has 1 unspecified atom stereocenters. The normalized spacial score (nSPS) is 21.6. The third-order valence-corrected chi connectivity index (χ3v) is 4.18. The van der Waals surface area contributed by atoms with Gasteiger partial charge in [0.1, 0.15) is 11.3 Å². The van der Waals surface area contributed by atoms with Gasteiger partial charge >= 0.3 is 0 Å². The van der Waals surface area contributed by atoms with Crippen molar-refractivity contribution >= 4 is 11.4 Å². The average molecular weight is 297 g/mol. The Bertz CT molecular complexity index is 792. The van der Waals surface area contributed by atoms with E-state index in [0.717, 1.165) is 5.52 Å². The Kier molecular flexibility index (Phi) is 2.77. The second kappa shape index (κ2) is 4.67. The van der Waals surface area contributed by atoms with Gasteiger partial charge < -0.3 is 14.4 Å². The van der Waals surface area contributed by atoms with Crippen LogP contribution in [0.1, 0.15) is 22.5 Å². The first-order valence-electron chi connectivity index (χ1n) is 7.10. The minimum Gasteiger partial charge on any atom is -0.381 e. The van der Waals surface area contributed by atoms with E-state index in [4.69, 9.17) is 0 Å². The first-order chi connectivity index (χ1) is 10.7. The highest BCUT2D eigenvalue weighted by atomic mass is 16.3. The number of fused-ring (bicyclic) bond motifs is 1. The van der Waals surface area contributed by atoms with Gasteiger partial charge in [-0.2, -0.15) is 15.4 Å². The minimum atomic E-state index is -1.12. The third-order valence-electron chi connectivity index (χ3n) is 4.18. The molecule has 3 aromatic rings.